The monoisotopic (exact) mass is 284 g/mol. The summed E-state index contributed by atoms with van der Waals surface area (Å²) in [6.07, 6.45) is 0. The zero-order chi connectivity index (χ0) is 13.6. The number of aliphatic hydroxyl groups is 1. The van der Waals surface area contributed by atoms with Crippen molar-refractivity contribution in [1.29, 1.82) is 0 Å². The molecule has 1 N–H and O–H groups in total. The Balaban J connectivity index is 1.91. The minimum atomic E-state index is -3.13. The second kappa shape index (κ2) is 4.38. The lowest BCUT2D eigenvalue weighted by Gasteiger charge is -2.02. The molecular formula is C13H16O5S. The van der Waals surface area contributed by atoms with Gasteiger partial charge in [0.2, 0.25) is 6.79 Å². The highest BCUT2D eigenvalue weighted by Gasteiger charge is 2.57. The van der Waals surface area contributed by atoms with E-state index in [1.54, 1.807) is 13.0 Å². The van der Waals surface area contributed by atoms with Crippen molar-refractivity contribution in [3.05, 3.63) is 23.8 Å². The lowest BCUT2D eigenvalue weighted by molar-refractivity contribution is 0.174. The van der Waals surface area contributed by atoms with Gasteiger partial charge in [0, 0.05) is 24.2 Å². The number of aliphatic hydroxyl groups excluding tert-OH is 1. The number of hydrogen-bond donors (Lipinski definition) is 1. The highest BCUT2D eigenvalue weighted by atomic mass is 32.2. The van der Waals surface area contributed by atoms with Gasteiger partial charge in [0.25, 0.3) is 0 Å². The van der Waals surface area contributed by atoms with E-state index < -0.39 is 15.1 Å². The second-order valence-electron chi connectivity index (χ2n) is 4.90. The molecule has 0 spiro atoms. The predicted octanol–water partition coefficient (Wildman–Crippen LogP) is 0.924. The van der Waals surface area contributed by atoms with Gasteiger partial charge >= 0.3 is 0 Å². The van der Waals surface area contributed by atoms with Gasteiger partial charge in [0.05, 0.1) is 5.25 Å². The average molecular weight is 284 g/mol. The summed E-state index contributed by atoms with van der Waals surface area (Å²) in [6, 6.07) is 5.47. The first-order valence-corrected chi connectivity index (χ1v) is 8.02. The number of fused-ring (bicyclic) bond motifs is 1. The van der Waals surface area contributed by atoms with Crippen molar-refractivity contribution in [2.75, 3.05) is 19.2 Å². The van der Waals surface area contributed by atoms with E-state index >= 15 is 0 Å². The SMILES string of the molecule is CCS(=O)(=O)[C@H]1[C@@H](CO)[C@@H]1c1ccc2c(c1)OCO2. The van der Waals surface area contributed by atoms with Gasteiger partial charge in [-0.3, -0.25) is 0 Å². The van der Waals surface area contributed by atoms with Crippen molar-refractivity contribution >= 4 is 9.84 Å². The van der Waals surface area contributed by atoms with Crippen LogP contribution in [0.3, 0.4) is 0 Å². The van der Waals surface area contributed by atoms with Crippen LogP contribution in [-0.2, 0) is 9.84 Å². The Morgan fingerprint density at radius 2 is 2.05 bits per heavy atom. The summed E-state index contributed by atoms with van der Waals surface area (Å²) < 4.78 is 34.5. The zero-order valence-electron chi connectivity index (χ0n) is 10.6. The van der Waals surface area contributed by atoms with Crippen LogP contribution < -0.4 is 9.47 Å². The standard InChI is InChI=1S/C13H16O5S/c1-2-19(15,16)13-9(6-14)12(13)8-3-4-10-11(5-8)18-7-17-10/h3-5,9,12-14H,2,6-7H2,1H3/t9-,12-,13-/m0/s1. The maximum atomic E-state index is 12.0. The second-order valence-corrected chi connectivity index (χ2v) is 7.35. The van der Waals surface area contributed by atoms with Crippen molar-refractivity contribution in [2.45, 2.75) is 18.1 Å². The Morgan fingerprint density at radius 1 is 1.32 bits per heavy atom. The van der Waals surface area contributed by atoms with Gasteiger partial charge in [-0.1, -0.05) is 13.0 Å². The molecule has 1 aliphatic heterocycles. The summed E-state index contributed by atoms with van der Waals surface area (Å²) >= 11 is 0. The summed E-state index contributed by atoms with van der Waals surface area (Å²) in [4.78, 5) is 0. The molecule has 0 amide bonds. The molecule has 1 aromatic rings. The summed E-state index contributed by atoms with van der Waals surface area (Å²) in [7, 11) is -3.13. The number of rotatable bonds is 4. The van der Waals surface area contributed by atoms with E-state index in [1.807, 2.05) is 12.1 Å². The molecule has 1 fully saturated rings. The van der Waals surface area contributed by atoms with Crippen LogP contribution >= 0.6 is 0 Å². The van der Waals surface area contributed by atoms with E-state index in [0.717, 1.165) is 5.56 Å². The Hall–Kier alpha value is -1.27. The smallest absolute Gasteiger partial charge is 0.231 e. The van der Waals surface area contributed by atoms with Crippen molar-refractivity contribution in [1.82, 2.24) is 0 Å². The molecule has 3 atom stereocenters. The van der Waals surface area contributed by atoms with Gasteiger partial charge in [0.15, 0.2) is 21.3 Å². The largest absolute Gasteiger partial charge is 0.454 e. The van der Waals surface area contributed by atoms with Crippen LogP contribution in [0.2, 0.25) is 0 Å². The molecule has 0 saturated heterocycles. The minimum Gasteiger partial charge on any atom is -0.454 e. The highest BCUT2D eigenvalue weighted by molar-refractivity contribution is 7.92. The average Bonchev–Trinajstić information content (AvgIpc) is 2.99. The van der Waals surface area contributed by atoms with Crippen molar-refractivity contribution < 1.29 is 23.0 Å². The van der Waals surface area contributed by atoms with Crippen LogP contribution in [0.4, 0.5) is 0 Å². The molecule has 0 radical (unpaired) electrons. The van der Waals surface area contributed by atoms with Crippen molar-refractivity contribution in [3.8, 4) is 11.5 Å². The molecule has 2 aliphatic rings. The van der Waals surface area contributed by atoms with Gasteiger partial charge in [-0.05, 0) is 17.7 Å². The first-order chi connectivity index (χ1) is 9.08. The Bertz CT molecular complexity index is 595. The maximum Gasteiger partial charge on any atom is 0.231 e. The first kappa shape index (κ1) is 12.7. The van der Waals surface area contributed by atoms with Crippen molar-refractivity contribution in [2.24, 2.45) is 5.92 Å². The van der Waals surface area contributed by atoms with Gasteiger partial charge in [0.1, 0.15) is 0 Å². The highest BCUT2D eigenvalue weighted by Crippen LogP contribution is 2.53. The fourth-order valence-corrected chi connectivity index (χ4v) is 4.69. The van der Waals surface area contributed by atoms with E-state index in [0.29, 0.717) is 11.5 Å². The topological polar surface area (TPSA) is 72.8 Å². The van der Waals surface area contributed by atoms with E-state index in [2.05, 4.69) is 0 Å². The molecule has 19 heavy (non-hydrogen) atoms. The molecule has 1 aliphatic carbocycles. The molecular weight excluding hydrogens is 268 g/mol. The molecule has 3 rings (SSSR count). The number of hydrogen-bond acceptors (Lipinski definition) is 5. The van der Waals surface area contributed by atoms with Gasteiger partial charge in [-0.25, -0.2) is 8.42 Å². The lowest BCUT2D eigenvalue weighted by Crippen LogP contribution is -2.13. The third-order valence-electron chi connectivity index (χ3n) is 3.91. The normalized spacial score (nSPS) is 28.4. The molecule has 6 heteroatoms. The summed E-state index contributed by atoms with van der Waals surface area (Å²) in [5, 5.41) is 8.87. The molecule has 0 unspecified atom stereocenters. The van der Waals surface area contributed by atoms with Crippen LogP contribution in [0, 0.1) is 5.92 Å². The third-order valence-corrected chi connectivity index (χ3v) is 6.18. The Kier molecular flexibility index (Phi) is 2.94. The number of ether oxygens (including phenoxy) is 2. The van der Waals surface area contributed by atoms with E-state index in [9.17, 15) is 13.5 Å². The Labute approximate surface area is 112 Å². The van der Waals surface area contributed by atoms with Crippen LogP contribution in [0.15, 0.2) is 18.2 Å². The lowest BCUT2D eigenvalue weighted by atomic mass is 10.1. The molecule has 1 saturated carbocycles. The minimum absolute atomic E-state index is 0.106. The fourth-order valence-electron chi connectivity index (χ4n) is 2.80. The molecule has 5 nitrogen and oxygen atoms in total. The van der Waals surface area contributed by atoms with Crippen LogP contribution in [-0.4, -0.2) is 37.9 Å². The quantitative estimate of drug-likeness (QED) is 0.890. The zero-order valence-corrected chi connectivity index (χ0v) is 11.4. The van der Waals surface area contributed by atoms with Crippen LogP contribution in [0.5, 0.6) is 11.5 Å². The first-order valence-electron chi connectivity index (χ1n) is 6.30. The fraction of sp³-hybridized carbons (Fsp3) is 0.538. The number of benzene rings is 1. The summed E-state index contributed by atoms with van der Waals surface area (Å²) in [5.74, 6) is 1.10. The van der Waals surface area contributed by atoms with E-state index in [1.165, 1.54) is 0 Å². The maximum absolute atomic E-state index is 12.0. The molecule has 0 aromatic heterocycles. The molecule has 1 aromatic carbocycles. The summed E-state index contributed by atoms with van der Waals surface area (Å²) in [5.41, 5.74) is 0.894. The van der Waals surface area contributed by atoms with E-state index in [4.69, 9.17) is 9.47 Å². The number of sulfone groups is 1. The predicted molar refractivity (Wildman–Crippen MR) is 69.1 cm³/mol. The van der Waals surface area contributed by atoms with Crippen LogP contribution in [0.25, 0.3) is 0 Å². The van der Waals surface area contributed by atoms with Crippen molar-refractivity contribution in [3.63, 3.8) is 0 Å². The van der Waals surface area contributed by atoms with Gasteiger partial charge < -0.3 is 14.6 Å². The Morgan fingerprint density at radius 3 is 2.74 bits per heavy atom. The van der Waals surface area contributed by atoms with Gasteiger partial charge in [-0.2, -0.15) is 0 Å². The van der Waals surface area contributed by atoms with E-state index in [-0.39, 0.29) is 31.0 Å². The molecule has 1 heterocycles. The van der Waals surface area contributed by atoms with Crippen LogP contribution in [0.1, 0.15) is 18.4 Å². The summed E-state index contributed by atoms with van der Waals surface area (Å²) in [6.45, 7) is 1.73. The third kappa shape index (κ3) is 1.99. The molecule has 104 valence electrons. The van der Waals surface area contributed by atoms with Gasteiger partial charge in [-0.15, -0.1) is 0 Å². The molecule has 0 bridgehead atoms.